The Bertz CT molecular complexity index is 926. The number of rotatable bonds is 10. The van der Waals surface area contributed by atoms with Crippen molar-refractivity contribution in [3.63, 3.8) is 0 Å². The standard InChI is InChI=1S/C18H19N5O5S/c19-18(29)22-21-12(11-15(24)16-8-4-10-28-16)5-3-9-17(25)20-13-6-1-2-7-14(13)23(26)27/h1-2,4,6-8,10H,3,5,9,11H2,(H,20,25)(H3,19,22,29). The molecule has 2 rings (SSSR count). The molecule has 0 atom stereocenters. The van der Waals surface area contributed by atoms with Crippen molar-refractivity contribution in [3.8, 4) is 0 Å². The van der Waals surface area contributed by atoms with E-state index >= 15 is 0 Å². The van der Waals surface area contributed by atoms with Crippen molar-refractivity contribution in [3.05, 3.63) is 58.5 Å². The molecule has 1 aromatic carbocycles. The van der Waals surface area contributed by atoms with E-state index in [2.05, 4.69) is 15.8 Å². The zero-order valence-corrected chi connectivity index (χ0v) is 16.1. The summed E-state index contributed by atoms with van der Waals surface area (Å²) in [6, 6.07) is 9.01. The van der Waals surface area contributed by atoms with Gasteiger partial charge in [0, 0.05) is 18.2 Å². The van der Waals surface area contributed by atoms with Gasteiger partial charge in [-0.2, -0.15) is 5.10 Å². The Hall–Kier alpha value is -3.60. The van der Waals surface area contributed by atoms with Crippen LogP contribution in [0.25, 0.3) is 0 Å². The van der Waals surface area contributed by atoms with E-state index in [4.69, 9.17) is 22.4 Å². The molecular formula is C18H19N5O5S. The van der Waals surface area contributed by atoms with Gasteiger partial charge in [0.2, 0.25) is 11.7 Å². The second-order valence-electron chi connectivity index (χ2n) is 5.91. The molecule has 152 valence electrons. The lowest BCUT2D eigenvalue weighted by molar-refractivity contribution is -0.383. The van der Waals surface area contributed by atoms with Gasteiger partial charge in [0.25, 0.3) is 5.69 Å². The number of nitro groups is 1. The lowest BCUT2D eigenvalue weighted by Crippen LogP contribution is -2.26. The first-order chi connectivity index (χ1) is 13.9. The maximum Gasteiger partial charge on any atom is 0.292 e. The number of amides is 1. The van der Waals surface area contributed by atoms with Gasteiger partial charge in [-0.05, 0) is 43.3 Å². The Balaban J connectivity index is 1.92. The fourth-order valence-corrected chi connectivity index (χ4v) is 2.48. The number of hydrazone groups is 1. The zero-order chi connectivity index (χ0) is 21.2. The van der Waals surface area contributed by atoms with Gasteiger partial charge in [0.15, 0.2) is 10.9 Å². The number of nitro benzene ring substituents is 1. The van der Waals surface area contributed by atoms with Crippen LogP contribution in [0, 0.1) is 10.1 Å². The molecule has 2 aromatic rings. The second-order valence-corrected chi connectivity index (χ2v) is 6.35. The monoisotopic (exact) mass is 417 g/mol. The summed E-state index contributed by atoms with van der Waals surface area (Å²) >= 11 is 4.70. The van der Waals surface area contributed by atoms with Crippen molar-refractivity contribution < 1.29 is 18.9 Å². The number of Topliss-reactive ketones (excluding diaryl/α,β-unsaturated/α-hetero) is 1. The summed E-state index contributed by atoms with van der Waals surface area (Å²) in [6.07, 6.45) is 2.11. The lowest BCUT2D eigenvalue weighted by Gasteiger charge is -2.08. The fraction of sp³-hybridized carbons (Fsp3) is 0.222. The van der Waals surface area contributed by atoms with Crippen molar-refractivity contribution in [1.82, 2.24) is 5.43 Å². The van der Waals surface area contributed by atoms with E-state index < -0.39 is 10.8 Å². The number of furan rings is 1. The average molecular weight is 417 g/mol. The molecule has 1 heterocycles. The van der Waals surface area contributed by atoms with Gasteiger partial charge in [-0.3, -0.25) is 25.1 Å². The summed E-state index contributed by atoms with van der Waals surface area (Å²) in [4.78, 5) is 34.8. The van der Waals surface area contributed by atoms with Crippen LogP contribution in [0.1, 0.15) is 36.2 Å². The van der Waals surface area contributed by atoms with Crippen LogP contribution >= 0.6 is 12.2 Å². The number of anilines is 1. The summed E-state index contributed by atoms with van der Waals surface area (Å²) in [5.74, 6) is -0.469. The van der Waals surface area contributed by atoms with Crippen LogP contribution in [0.15, 0.2) is 52.2 Å². The smallest absolute Gasteiger partial charge is 0.292 e. The largest absolute Gasteiger partial charge is 0.461 e. The summed E-state index contributed by atoms with van der Waals surface area (Å²) in [5, 5.41) is 17.5. The number of benzene rings is 1. The summed E-state index contributed by atoms with van der Waals surface area (Å²) in [5.41, 5.74) is 8.17. The van der Waals surface area contributed by atoms with Crippen LogP contribution in [0.5, 0.6) is 0 Å². The van der Waals surface area contributed by atoms with Gasteiger partial charge in [-0.25, -0.2) is 0 Å². The Kier molecular flexibility index (Phi) is 7.98. The number of para-hydroxylation sites is 2. The SMILES string of the molecule is NC(=S)NN=C(CCCC(=O)Nc1ccccc1[N+](=O)[O-])CC(=O)c1ccco1. The Morgan fingerprint density at radius 1 is 1.21 bits per heavy atom. The van der Waals surface area contributed by atoms with Crippen molar-refractivity contribution in [2.45, 2.75) is 25.7 Å². The van der Waals surface area contributed by atoms with Crippen molar-refractivity contribution in [1.29, 1.82) is 0 Å². The molecule has 10 nitrogen and oxygen atoms in total. The van der Waals surface area contributed by atoms with E-state index in [-0.39, 0.29) is 40.9 Å². The number of nitrogens with one attached hydrogen (secondary N) is 2. The molecule has 4 N–H and O–H groups in total. The molecule has 1 amide bonds. The number of thiocarbonyl (C=S) groups is 1. The van der Waals surface area contributed by atoms with Crippen LogP contribution in [0.3, 0.4) is 0 Å². The maximum absolute atomic E-state index is 12.2. The van der Waals surface area contributed by atoms with Crippen molar-refractivity contribution >= 4 is 46.1 Å². The number of hydrogen-bond donors (Lipinski definition) is 3. The number of carbonyl (C=O) groups is 2. The number of carbonyl (C=O) groups excluding carboxylic acids is 2. The lowest BCUT2D eigenvalue weighted by atomic mass is 10.1. The molecule has 0 aliphatic rings. The van der Waals surface area contributed by atoms with Gasteiger partial charge >= 0.3 is 0 Å². The van der Waals surface area contributed by atoms with Crippen LogP contribution < -0.4 is 16.5 Å². The first kappa shape index (κ1) is 21.7. The quantitative estimate of drug-likeness (QED) is 0.175. The van der Waals surface area contributed by atoms with E-state index in [0.29, 0.717) is 18.6 Å². The Morgan fingerprint density at radius 3 is 2.62 bits per heavy atom. The van der Waals surface area contributed by atoms with Gasteiger partial charge in [0.05, 0.1) is 17.6 Å². The highest BCUT2D eigenvalue weighted by atomic mass is 32.1. The molecule has 0 aliphatic heterocycles. The molecule has 11 heteroatoms. The third-order valence-corrected chi connectivity index (χ3v) is 3.82. The van der Waals surface area contributed by atoms with Gasteiger partial charge < -0.3 is 15.5 Å². The van der Waals surface area contributed by atoms with Crippen LogP contribution in [-0.4, -0.2) is 27.4 Å². The van der Waals surface area contributed by atoms with Crippen LogP contribution in [-0.2, 0) is 4.79 Å². The topological polar surface area (TPSA) is 153 Å². The molecule has 0 radical (unpaired) electrons. The normalized spacial score (nSPS) is 11.0. The third-order valence-electron chi connectivity index (χ3n) is 3.73. The minimum absolute atomic E-state index is 0.0328. The molecule has 1 aromatic heterocycles. The molecule has 0 saturated carbocycles. The predicted octanol–water partition coefficient (Wildman–Crippen LogP) is 2.76. The average Bonchev–Trinajstić information content (AvgIpc) is 3.21. The van der Waals surface area contributed by atoms with Gasteiger partial charge in [0.1, 0.15) is 5.69 Å². The second kappa shape index (κ2) is 10.7. The molecule has 0 unspecified atom stereocenters. The van der Waals surface area contributed by atoms with Crippen molar-refractivity contribution in [2.75, 3.05) is 5.32 Å². The number of ketones is 1. The summed E-state index contributed by atoms with van der Waals surface area (Å²) in [7, 11) is 0. The van der Waals surface area contributed by atoms with E-state index in [1.165, 1.54) is 24.5 Å². The molecule has 0 bridgehead atoms. The van der Waals surface area contributed by atoms with Crippen LogP contribution in [0.4, 0.5) is 11.4 Å². The first-order valence-corrected chi connectivity index (χ1v) is 8.98. The first-order valence-electron chi connectivity index (χ1n) is 8.57. The molecular weight excluding hydrogens is 398 g/mol. The molecule has 0 saturated heterocycles. The highest BCUT2D eigenvalue weighted by Gasteiger charge is 2.16. The number of hydrogen-bond acceptors (Lipinski definition) is 7. The number of nitrogens with zero attached hydrogens (tertiary/aromatic N) is 2. The highest BCUT2D eigenvalue weighted by Crippen LogP contribution is 2.23. The van der Waals surface area contributed by atoms with E-state index in [0.717, 1.165) is 0 Å². The highest BCUT2D eigenvalue weighted by molar-refractivity contribution is 7.80. The van der Waals surface area contributed by atoms with Crippen LogP contribution in [0.2, 0.25) is 0 Å². The summed E-state index contributed by atoms with van der Waals surface area (Å²) < 4.78 is 5.07. The molecule has 0 spiro atoms. The predicted molar refractivity (Wildman–Crippen MR) is 111 cm³/mol. The fourth-order valence-electron chi connectivity index (χ4n) is 2.43. The zero-order valence-electron chi connectivity index (χ0n) is 15.3. The minimum atomic E-state index is -0.567. The van der Waals surface area contributed by atoms with E-state index in [9.17, 15) is 19.7 Å². The summed E-state index contributed by atoms with van der Waals surface area (Å²) in [6.45, 7) is 0. The van der Waals surface area contributed by atoms with Gasteiger partial charge in [-0.1, -0.05) is 12.1 Å². The Morgan fingerprint density at radius 2 is 1.97 bits per heavy atom. The number of nitrogens with two attached hydrogens (primary N) is 1. The van der Waals surface area contributed by atoms with Gasteiger partial charge in [-0.15, -0.1) is 0 Å². The minimum Gasteiger partial charge on any atom is -0.461 e. The van der Waals surface area contributed by atoms with E-state index in [1.54, 1.807) is 18.2 Å². The maximum atomic E-state index is 12.2. The van der Waals surface area contributed by atoms with Crippen molar-refractivity contribution in [2.24, 2.45) is 10.8 Å². The third kappa shape index (κ3) is 7.14. The Labute approximate surface area is 171 Å². The molecule has 29 heavy (non-hydrogen) atoms. The van der Waals surface area contributed by atoms with E-state index in [1.807, 2.05) is 0 Å². The molecule has 0 aliphatic carbocycles. The molecule has 0 fully saturated rings.